The molecule has 0 fully saturated rings. The Balaban J connectivity index is 2.01. The average Bonchev–Trinajstić information content (AvgIpc) is 2.55. The van der Waals surface area contributed by atoms with Crippen LogP contribution in [0, 0.1) is 0 Å². The summed E-state index contributed by atoms with van der Waals surface area (Å²) in [7, 11) is 0. The number of hydrogen-bond acceptors (Lipinski definition) is 1. The van der Waals surface area contributed by atoms with Crippen molar-refractivity contribution in [3.63, 3.8) is 0 Å². The molecule has 110 valence electrons. The van der Waals surface area contributed by atoms with Crippen LogP contribution in [0.4, 0.5) is 5.69 Å². The fourth-order valence-corrected chi connectivity index (χ4v) is 2.94. The number of benzene rings is 2. The highest BCUT2D eigenvalue weighted by molar-refractivity contribution is 9.12. The van der Waals surface area contributed by atoms with Crippen molar-refractivity contribution in [2.75, 3.05) is 5.32 Å². The minimum absolute atomic E-state index is 0.0648. The molecule has 2 atom stereocenters. The lowest BCUT2D eigenvalue weighted by molar-refractivity contribution is -0.115. The molecule has 4 heteroatoms. The van der Waals surface area contributed by atoms with E-state index in [1.807, 2.05) is 54.6 Å². The fraction of sp³-hybridized carbons (Fsp3) is 0.235. The van der Waals surface area contributed by atoms with Gasteiger partial charge in [-0.3, -0.25) is 4.79 Å². The molecular formula is C17H17Br2NO. The minimum Gasteiger partial charge on any atom is -0.325 e. The van der Waals surface area contributed by atoms with Gasteiger partial charge in [-0.05, 0) is 29.7 Å². The number of alkyl halides is 2. The number of aryl methyl sites for hydroxylation is 1. The Morgan fingerprint density at radius 2 is 1.67 bits per heavy atom. The maximum absolute atomic E-state index is 12.3. The number of carbonyl (C=O) groups is 1. The molecule has 0 heterocycles. The van der Waals surface area contributed by atoms with Crippen molar-refractivity contribution < 1.29 is 4.79 Å². The van der Waals surface area contributed by atoms with E-state index in [1.54, 1.807) is 0 Å². The molecule has 2 aromatic carbocycles. The van der Waals surface area contributed by atoms with Gasteiger partial charge in [-0.2, -0.15) is 0 Å². The molecule has 0 aliphatic carbocycles. The second-order valence-electron chi connectivity index (χ2n) is 4.75. The zero-order chi connectivity index (χ0) is 15.2. The molecule has 2 nitrogen and oxygen atoms in total. The van der Waals surface area contributed by atoms with Crippen molar-refractivity contribution in [2.24, 2.45) is 0 Å². The zero-order valence-corrected chi connectivity index (χ0v) is 14.9. The summed E-state index contributed by atoms with van der Waals surface area (Å²) in [6, 6.07) is 17.8. The standard InChI is InChI=1S/C17H17Br2NO/c1-2-12-8-10-14(11-9-12)20-17(21)16(19)15(18)13-6-4-3-5-7-13/h3-11,15-16H,2H2,1H3,(H,20,21). The van der Waals surface area contributed by atoms with Crippen molar-refractivity contribution in [1.82, 2.24) is 0 Å². The third-order valence-corrected chi connectivity index (χ3v) is 5.97. The Morgan fingerprint density at radius 3 is 2.24 bits per heavy atom. The van der Waals surface area contributed by atoms with Gasteiger partial charge in [0.1, 0.15) is 4.83 Å². The van der Waals surface area contributed by atoms with E-state index in [-0.39, 0.29) is 15.6 Å². The molecule has 0 aromatic heterocycles. The van der Waals surface area contributed by atoms with Gasteiger partial charge in [0.25, 0.3) is 0 Å². The van der Waals surface area contributed by atoms with Crippen LogP contribution in [-0.2, 0) is 11.2 Å². The topological polar surface area (TPSA) is 29.1 Å². The number of nitrogens with one attached hydrogen (secondary N) is 1. The third kappa shape index (κ3) is 4.42. The maximum atomic E-state index is 12.3. The predicted octanol–water partition coefficient (Wildman–Crippen LogP) is 5.09. The second-order valence-corrected chi connectivity index (χ2v) is 6.73. The van der Waals surface area contributed by atoms with Crippen LogP contribution in [-0.4, -0.2) is 10.7 Å². The van der Waals surface area contributed by atoms with E-state index in [9.17, 15) is 4.79 Å². The highest BCUT2D eigenvalue weighted by atomic mass is 79.9. The Morgan fingerprint density at radius 1 is 1.05 bits per heavy atom. The SMILES string of the molecule is CCc1ccc(NC(=O)C(Br)C(Br)c2ccccc2)cc1. The Hall–Kier alpha value is -1.13. The van der Waals surface area contributed by atoms with Crippen LogP contribution in [0.2, 0.25) is 0 Å². The smallest absolute Gasteiger partial charge is 0.239 e. The van der Waals surface area contributed by atoms with Gasteiger partial charge in [0.05, 0.1) is 4.83 Å². The maximum Gasteiger partial charge on any atom is 0.239 e. The minimum atomic E-state index is -0.342. The zero-order valence-electron chi connectivity index (χ0n) is 11.7. The number of hydrogen-bond donors (Lipinski definition) is 1. The lowest BCUT2D eigenvalue weighted by Crippen LogP contribution is -2.26. The first-order valence-electron chi connectivity index (χ1n) is 6.84. The second kappa shape index (κ2) is 7.76. The highest BCUT2D eigenvalue weighted by Gasteiger charge is 2.24. The first-order chi connectivity index (χ1) is 10.1. The lowest BCUT2D eigenvalue weighted by atomic mass is 10.1. The van der Waals surface area contributed by atoms with Gasteiger partial charge in [-0.15, -0.1) is 0 Å². The van der Waals surface area contributed by atoms with E-state index in [2.05, 4.69) is 44.1 Å². The number of anilines is 1. The molecule has 0 aliphatic rings. The van der Waals surface area contributed by atoms with Gasteiger partial charge in [-0.1, -0.05) is 81.2 Å². The van der Waals surface area contributed by atoms with Gasteiger partial charge in [0.15, 0.2) is 0 Å². The summed E-state index contributed by atoms with van der Waals surface area (Å²) < 4.78 is 0. The highest BCUT2D eigenvalue weighted by Crippen LogP contribution is 2.31. The predicted molar refractivity (Wildman–Crippen MR) is 95.3 cm³/mol. The normalized spacial score (nSPS) is 13.5. The Bertz CT molecular complexity index is 583. The quantitative estimate of drug-likeness (QED) is 0.683. The van der Waals surface area contributed by atoms with Gasteiger partial charge in [0, 0.05) is 5.69 Å². The van der Waals surface area contributed by atoms with Crippen LogP contribution in [0.3, 0.4) is 0 Å². The van der Waals surface area contributed by atoms with Crippen LogP contribution in [0.5, 0.6) is 0 Å². The van der Waals surface area contributed by atoms with Crippen LogP contribution < -0.4 is 5.32 Å². The van der Waals surface area contributed by atoms with Crippen LogP contribution in [0.25, 0.3) is 0 Å². The summed E-state index contributed by atoms with van der Waals surface area (Å²) in [5.74, 6) is -0.0648. The van der Waals surface area contributed by atoms with Crippen LogP contribution in [0.1, 0.15) is 22.9 Å². The molecule has 0 aliphatic heterocycles. The summed E-state index contributed by atoms with van der Waals surface area (Å²) in [5.41, 5.74) is 3.14. The van der Waals surface area contributed by atoms with Crippen LogP contribution in [0.15, 0.2) is 54.6 Å². The summed E-state index contributed by atoms with van der Waals surface area (Å²) in [6.07, 6.45) is 0.993. The largest absolute Gasteiger partial charge is 0.325 e. The Kier molecular flexibility index (Phi) is 6.00. The van der Waals surface area contributed by atoms with Crippen molar-refractivity contribution in [2.45, 2.75) is 23.0 Å². The monoisotopic (exact) mass is 409 g/mol. The molecule has 0 bridgehead atoms. The first kappa shape index (κ1) is 16.2. The van der Waals surface area contributed by atoms with Crippen molar-refractivity contribution in [3.05, 3.63) is 65.7 Å². The number of carbonyl (C=O) groups excluding carboxylic acids is 1. The molecule has 2 unspecified atom stereocenters. The molecule has 0 saturated heterocycles. The summed E-state index contributed by atoms with van der Waals surface area (Å²) in [5, 5.41) is 2.93. The lowest BCUT2D eigenvalue weighted by Gasteiger charge is -2.17. The van der Waals surface area contributed by atoms with Gasteiger partial charge in [-0.25, -0.2) is 0 Å². The molecule has 1 N–H and O–H groups in total. The molecule has 0 spiro atoms. The summed E-state index contributed by atoms with van der Waals surface area (Å²) >= 11 is 7.05. The summed E-state index contributed by atoms with van der Waals surface area (Å²) in [4.78, 5) is 11.9. The average molecular weight is 411 g/mol. The molecule has 2 aromatic rings. The van der Waals surface area contributed by atoms with E-state index in [1.165, 1.54) is 5.56 Å². The number of rotatable bonds is 5. The van der Waals surface area contributed by atoms with E-state index < -0.39 is 0 Å². The van der Waals surface area contributed by atoms with Gasteiger partial charge in [0.2, 0.25) is 5.91 Å². The van der Waals surface area contributed by atoms with Gasteiger partial charge >= 0.3 is 0 Å². The van der Waals surface area contributed by atoms with Crippen molar-refractivity contribution in [3.8, 4) is 0 Å². The van der Waals surface area contributed by atoms with Crippen molar-refractivity contribution in [1.29, 1.82) is 0 Å². The van der Waals surface area contributed by atoms with Gasteiger partial charge < -0.3 is 5.32 Å². The molecule has 1 amide bonds. The van der Waals surface area contributed by atoms with E-state index in [4.69, 9.17) is 0 Å². The van der Waals surface area contributed by atoms with E-state index >= 15 is 0 Å². The van der Waals surface area contributed by atoms with E-state index in [0.717, 1.165) is 17.7 Å². The molecule has 21 heavy (non-hydrogen) atoms. The summed E-state index contributed by atoms with van der Waals surface area (Å²) in [6.45, 7) is 2.11. The number of amides is 1. The molecular weight excluding hydrogens is 394 g/mol. The third-order valence-electron chi connectivity index (χ3n) is 3.26. The Labute approximate surface area is 142 Å². The number of halogens is 2. The van der Waals surface area contributed by atoms with Crippen LogP contribution >= 0.6 is 31.9 Å². The molecule has 0 saturated carbocycles. The van der Waals surface area contributed by atoms with Crippen molar-refractivity contribution >= 4 is 43.5 Å². The fourth-order valence-electron chi connectivity index (χ4n) is 1.97. The molecule has 0 radical (unpaired) electrons. The molecule has 2 rings (SSSR count). The first-order valence-corrected chi connectivity index (χ1v) is 8.68. The van der Waals surface area contributed by atoms with E-state index in [0.29, 0.717) is 0 Å².